The summed E-state index contributed by atoms with van der Waals surface area (Å²) in [5, 5.41) is 6.01. The van der Waals surface area contributed by atoms with Gasteiger partial charge in [-0.25, -0.2) is 4.98 Å². The fourth-order valence-electron chi connectivity index (χ4n) is 2.39. The molecule has 27 heavy (non-hydrogen) atoms. The van der Waals surface area contributed by atoms with Crippen molar-refractivity contribution in [3.63, 3.8) is 0 Å². The molecule has 0 N–H and O–H groups in total. The van der Waals surface area contributed by atoms with Crippen LogP contribution in [0.2, 0.25) is 5.02 Å². The maximum absolute atomic E-state index is 12.7. The Bertz CT molecular complexity index is 1090. The first kappa shape index (κ1) is 17.7. The van der Waals surface area contributed by atoms with E-state index in [0.717, 1.165) is 17.8 Å². The van der Waals surface area contributed by atoms with Crippen molar-refractivity contribution in [3.05, 3.63) is 64.6 Å². The maximum atomic E-state index is 12.7. The molecule has 0 aliphatic carbocycles. The summed E-state index contributed by atoms with van der Waals surface area (Å²) in [6.45, 7) is 0. The highest BCUT2D eigenvalue weighted by molar-refractivity contribution is 7.13. The van der Waals surface area contributed by atoms with Crippen molar-refractivity contribution in [3.8, 4) is 33.4 Å². The molecule has 136 valence electrons. The number of alkyl halides is 3. The first-order valence-electron chi connectivity index (χ1n) is 7.63. The lowest BCUT2D eigenvalue weighted by Crippen LogP contribution is -2.05. The molecule has 0 aliphatic heterocycles. The van der Waals surface area contributed by atoms with Gasteiger partial charge in [0.25, 0.3) is 0 Å². The molecule has 4 nitrogen and oxygen atoms in total. The van der Waals surface area contributed by atoms with Crippen LogP contribution >= 0.6 is 22.9 Å². The minimum atomic E-state index is -4.50. The third-order valence-corrected chi connectivity index (χ3v) is 4.84. The number of hydrogen-bond donors (Lipinski definition) is 0. The number of rotatable bonds is 3. The molecule has 0 spiro atoms. The Morgan fingerprint density at radius 1 is 1.04 bits per heavy atom. The Morgan fingerprint density at radius 2 is 1.81 bits per heavy atom. The van der Waals surface area contributed by atoms with Crippen LogP contribution in [0.4, 0.5) is 13.2 Å². The Balaban J connectivity index is 1.64. The van der Waals surface area contributed by atoms with Crippen LogP contribution in [0.15, 0.2) is 58.6 Å². The first-order valence-corrected chi connectivity index (χ1v) is 8.89. The summed E-state index contributed by atoms with van der Waals surface area (Å²) in [7, 11) is 0. The summed E-state index contributed by atoms with van der Waals surface area (Å²) >= 11 is 7.18. The zero-order chi connectivity index (χ0) is 19.0. The second-order valence-corrected chi connectivity index (χ2v) is 6.80. The fourth-order valence-corrected chi connectivity index (χ4v) is 3.52. The van der Waals surface area contributed by atoms with Crippen molar-refractivity contribution in [2.24, 2.45) is 0 Å². The smallest absolute Gasteiger partial charge is 0.354 e. The van der Waals surface area contributed by atoms with E-state index < -0.39 is 11.7 Å². The maximum Gasteiger partial charge on any atom is 0.417 e. The highest BCUT2D eigenvalue weighted by atomic mass is 35.5. The average molecular weight is 408 g/mol. The number of pyridine rings is 1. The second-order valence-electron chi connectivity index (χ2n) is 5.53. The highest BCUT2D eigenvalue weighted by Gasteiger charge is 2.32. The fraction of sp³-hybridized carbons (Fsp3) is 0.0556. The van der Waals surface area contributed by atoms with Crippen LogP contribution in [-0.4, -0.2) is 15.1 Å². The molecule has 3 aromatic heterocycles. The summed E-state index contributed by atoms with van der Waals surface area (Å²) in [5.41, 5.74) is 1.34. The summed E-state index contributed by atoms with van der Waals surface area (Å²) in [6.07, 6.45) is -3.76. The van der Waals surface area contributed by atoms with Gasteiger partial charge < -0.3 is 4.52 Å². The molecule has 0 saturated carbocycles. The van der Waals surface area contributed by atoms with E-state index in [1.54, 1.807) is 11.4 Å². The van der Waals surface area contributed by atoms with Crippen LogP contribution in [0.5, 0.6) is 0 Å². The van der Waals surface area contributed by atoms with Gasteiger partial charge in [-0.05, 0) is 6.07 Å². The van der Waals surface area contributed by atoms with Crippen molar-refractivity contribution < 1.29 is 17.7 Å². The summed E-state index contributed by atoms with van der Waals surface area (Å²) in [4.78, 5) is 8.19. The normalized spacial score (nSPS) is 11.7. The van der Waals surface area contributed by atoms with E-state index in [0.29, 0.717) is 22.2 Å². The minimum absolute atomic E-state index is 0.117. The van der Waals surface area contributed by atoms with Gasteiger partial charge in [0.05, 0.1) is 10.6 Å². The van der Waals surface area contributed by atoms with Gasteiger partial charge in [0.2, 0.25) is 0 Å². The van der Waals surface area contributed by atoms with Crippen molar-refractivity contribution in [2.75, 3.05) is 0 Å². The molecule has 0 fully saturated rings. The van der Waals surface area contributed by atoms with Crippen molar-refractivity contribution >= 4 is 22.9 Å². The topological polar surface area (TPSA) is 51.8 Å². The molecule has 4 aromatic rings. The largest absolute Gasteiger partial charge is 0.417 e. The third kappa shape index (κ3) is 3.58. The Morgan fingerprint density at radius 3 is 2.52 bits per heavy atom. The van der Waals surface area contributed by atoms with Crippen LogP contribution in [0.1, 0.15) is 5.56 Å². The Hall–Kier alpha value is -2.71. The summed E-state index contributed by atoms with van der Waals surface area (Å²) in [6, 6.07) is 12.1. The SMILES string of the molecule is FC(F)(F)c1cnc(-c2nc(-c3cc(-c4ccccc4)no3)cs2)c(Cl)c1. The molecule has 0 bridgehead atoms. The van der Waals surface area contributed by atoms with E-state index in [-0.39, 0.29) is 10.7 Å². The number of benzene rings is 1. The van der Waals surface area contributed by atoms with Crippen LogP contribution in [0, 0.1) is 0 Å². The quantitative estimate of drug-likeness (QED) is 0.405. The number of nitrogens with zero attached hydrogens (tertiary/aromatic N) is 3. The van der Waals surface area contributed by atoms with Gasteiger partial charge in [0.1, 0.15) is 22.1 Å². The second kappa shape index (κ2) is 6.79. The van der Waals surface area contributed by atoms with E-state index in [2.05, 4.69) is 15.1 Å². The third-order valence-electron chi connectivity index (χ3n) is 3.71. The van der Waals surface area contributed by atoms with Gasteiger partial charge in [-0.15, -0.1) is 11.3 Å². The van der Waals surface area contributed by atoms with E-state index >= 15 is 0 Å². The molecule has 1 aromatic carbocycles. The monoisotopic (exact) mass is 407 g/mol. The van der Waals surface area contributed by atoms with Crippen LogP contribution in [-0.2, 0) is 6.18 Å². The highest BCUT2D eigenvalue weighted by Crippen LogP contribution is 2.36. The van der Waals surface area contributed by atoms with E-state index in [1.165, 1.54) is 11.3 Å². The molecule has 0 atom stereocenters. The lowest BCUT2D eigenvalue weighted by Gasteiger charge is -2.07. The number of aromatic nitrogens is 3. The molecule has 3 heterocycles. The average Bonchev–Trinajstić information content (AvgIpc) is 3.31. The Labute approximate surface area is 160 Å². The molecule has 0 unspecified atom stereocenters. The molecular weight excluding hydrogens is 399 g/mol. The van der Waals surface area contributed by atoms with E-state index in [9.17, 15) is 13.2 Å². The lowest BCUT2D eigenvalue weighted by molar-refractivity contribution is -0.137. The van der Waals surface area contributed by atoms with Gasteiger partial charge in [-0.3, -0.25) is 4.98 Å². The van der Waals surface area contributed by atoms with Crippen LogP contribution in [0.25, 0.3) is 33.4 Å². The van der Waals surface area contributed by atoms with Crippen molar-refractivity contribution in [1.82, 2.24) is 15.1 Å². The zero-order valence-corrected chi connectivity index (χ0v) is 14.9. The Kier molecular flexibility index (Phi) is 4.45. The number of halogens is 4. The molecule has 0 radical (unpaired) electrons. The van der Waals surface area contributed by atoms with Gasteiger partial charge in [0, 0.05) is 23.2 Å². The number of thiazole rings is 1. The molecule has 0 saturated heterocycles. The predicted molar refractivity (Wildman–Crippen MR) is 96.3 cm³/mol. The van der Waals surface area contributed by atoms with Gasteiger partial charge >= 0.3 is 6.18 Å². The first-order chi connectivity index (χ1) is 12.9. The van der Waals surface area contributed by atoms with Gasteiger partial charge in [0.15, 0.2) is 5.76 Å². The lowest BCUT2D eigenvalue weighted by atomic mass is 10.1. The van der Waals surface area contributed by atoms with Gasteiger partial charge in [-0.2, -0.15) is 13.2 Å². The molecule has 0 aliphatic rings. The van der Waals surface area contributed by atoms with Crippen molar-refractivity contribution in [1.29, 1.82) is 0 Å². The molecular formula is C18H9ClF3N3OS. The standard InChI is InChI=1S/C18H9ClF3N3OS/c19-12-6-11(18(20,21)22)8-23-16(12)17-24-14(9-27-17)15-7-13(25-26-15)10-4-2-1-3-5-10/h1-9H. The number of hydrogen-bond acceptors (Lipinski definition) is 5. The van der Waals surface area contributed by atoms with Gasteiger partial charge in [-0.1, -0.05) is 47.1 Å². The summed E-state index contributed by atoms with van der Waals surface area (Å²) in [5.74, 6) is 0.444. The van der Waals surface area contributed by atoms with Crippen LogP contribution < -0.4 is 0 Å². The minimum Gasteiger partial charge on any atom is -0.354 e. The predicted octanol–water partition coefficient (Wildman–Crippen LogP) is 6.20. The molecule has 9 heteroatoms. The molecule has 4 rings (SSSR count). The van der Waals surface area contributed by atoms with E-state index in [1.807, 2.05) is 30.3 Å². The van der Waals surface area contributed by atoms with Crippen LogP contribution in [0.3, 0.4) is 0 Å². The zero-order valence-electron chi connectivity index (χ0n) is 13.4. The summed E-state index contributed by atoms with van der Waals surface area (Å²) < 4.78 is 43.6. The molecule has 0 amide bonds. The van der Waals surface area contributed by atoms with Crippen molar-refractivity contribution in [2.45, 2.75) is 6.18 Å². The van der Waals surface area contributed by atoms with E-state index in [4.69, 9.17) is 16.1 Å².